The van der Waals surface area contributed by atoms with Crippen LogP contribution in [0, 0.1) is 29.6 Å². The van der Waals surface area contributed by atoms with Crippen molar-refractivity contribution >= 4 is 5.78 Å². The maximum atomic E-state index is 12.7. The summed E-state index contributed by atoms with van der Waals surface area (Å²) in [4.78, 5) is 12.7. The van der Waals surface area contributed by atoms with Crippen molar-refractivity contribution in [1.29, 1.82) is 0 Å². The number of aliphatic hydroxyl groups is 1. The number of hydrogen-bond acceptors (Lipinski definition) is 2. The Labute approximate surface area is 103 Å². The number of carbonyl (C=O) groups excluding carboxylic acids is 1. The Morgan fingerprint density at radius 3 is 2.47 bits per heavy atom. The molecule has 4 fully saturated rings. The molecule has 0 heterocycles. The van der Waals surface area contributed by atoms with Gasteiger partial charge in [0, 0.05) is 11.8 Å². The van der Waals surface area contributed by atoms with Crippen LogP contribution in [0.2, 0.25) is 0 Å². The van der Waals surface area contributed by atoms with Gasteiger partial charge in [-0.05, 0) is 62.7 Å². The van der Waals surface area contributed by atoms with Gasteiger partial charge in [-0.1, -0.05) is 6.42 Å². The van der Waals surface area contributed by atoms with Crippen molar-refractivity contribution in [3.8, 4) is 0 Å². The monoisotopic (exact) mass is 234 g/mol. The molecule has 4 bridgehead atoms. The predicted molar refractivity (Wildman–Crippen MR) is 64.3 cm³/mol. The van der Waals surface area contributed by atoms with E-state index in [4.69, 9.17) is 0 Å². The third-order valence-corrected chi connectivity index (χ3v) is 6.29. The molecule has 0 amide bonds. The SMILES string of the molecule is O=C(C1CC2CCC1C2)C1CC2CCC1(O)C2. The predicted octanol–water partition coefficient (Wildman–Crippen LogP) is 2.54. The number of carbonyl (C=O) groups is 1. The van der Waals surface area contributed by atoms with E-state index in [0.717, 1.165) is 38.0 Å². The zero-order valence-corrected chi connectivity index (χ0v) is 10.4. The molecule has 0 aliphatic heterocycles. The number of Topliss-reactive ketones (excluding diaryl/α,β-unsaturated/α-hetero) is 1. The Morgan fingerprint density at radius 1 is 1.06 bits per heavy atom. The van der Waals surface area contributed by atoms with E-state index in [2.05, 4.69) is 0 Å². The molecule has 4 aliphatic carbocycles. The maximum Gasteiger partial charge on any atom is 0.142 e. The summed E-state index contributed by atoms with van der Waals surface area (Å²) in [6.07, 6.45) is 8.99. The van der Waals surface area contributed by atoms with Gasteiger partial charge in [-0.15, -0.1) is 0 Å². The van der Waals surface area contributed by atoms with Gasteiger partial charge in [0.1, 0.15) is 5.78 Å². The van der Waals surface area contributed by atoms with Crippen molar-refractivity contribution in [3.05, 3.63) is 0 Å². The third kappa shape index (κ3) is 1.39. The van der Waals surface area contributed by atoms with Crippen LogP contribution in [0.25, 0.3) is 0 Å². The summed E-state index contributed by atoms with van der Waals surface area (Å²) >= 11 is 0. The zero-order chi connectivity index (χ0) is 11.6. The molecule has 94 valence electrons. The van der Waals surface area contributed by atoms with Gasteiger partial charge in [0.25, 0.3) is 0 Å². The number of fused-ring (bicyclic) bond motifs is 4. The van der Waals surface area contributed by atoms with E-state index in [1.807, 2.05) is 0 Å². The number of rotatable bonds is 2. The summed E-state index contributed by atoms with van der Waals surface area (Å²) < 4.78 is 0. The lowest BCUT2D eigenvalue weighted by atomic mass is 9.74. The second-order valence-corrected chi connectivity index (χ2v) is 7.18. The third-order valence-electron chi connectivity index (χ3n) is 6.29. The molecule has 4 aliphatic rings. The molecule has 0 saturated heterocycles. The molecular formula is C15H22O2. The van der Waals surface area contributed by atoms with Crippen LogP contribution in [0.3, 0.4) is 0 Å². The van der Waals surface area contributed by atoms with E-state index >= 15 is 0 Å². The molecule has 0 spiro atoms. The van der Waals surface area contributed by atoms with E-state index in [-0.39, 0.29) is 5.92 Å². The fraction of sp³-hybridized carbons (Fsp3) is 0.933. The van der Waals surface area contributed by atoms with Crippen LogP contribution in [0.5, 0.6) is 0 Å². The van der Waals surface area contributed by atoms with E-state index < -0.39 is 5.60 Å². The second-order valence-electron chi connectivity index (χ2n) is 7.18. The van der Waals surface area contributed by atoms with E-state index in [0.29, 0.717) is 23.5 Å². The minimum atomic E-state index is -0.594. The number of ketones is 1. The Morgan fingerprint density at radius 2 is 1.94 bits per heavy atom. The highest BCUT2D eigenvalue weighted by molar-refractivity contribution is 5.85. The first kappa shape index (κ1) is 10.5. The lowest BCUT2D eigenvalue weighted by molar-refractivity contribution is -0.136. The molecule has 1 N–H and O–H groups in total. The average molecular weight is 234 g/mol. The van der Waals surface area contributed by atoms with Crippen molar-refractivity contribution in [1.82, 2.24) is 0 Å². The van der Waals surface area contributed by atoms with E-state index in [9.17, 15) is 9.90 Å². The molecular weight excluding hydrogens is 212 g/mol. The topological polar surface area (TPSA) is 37.3 Å². The Hall–Kier alpha value is -0.370. The van der Waals surface area contributed by atoms with Crippen LogP contribution in [0.4, 0.5) is 0 Å². The fourth-order valence-electron chi connectivity index (χ4n) is 5.46. The van der Waals surface area contributed by atoms with E-state index in [1.165, 1.54) is 19.3 Å². The lowest BCUT2D eigenvalue weighted by Gasteiger charge is -2.33. The van der Waals surface area contributed by atoms with Gasteiger partial charge >= 0.3 is 0 Å². The minimum Gasteiger partial charge on any atom is -0.389 e. The van der Waals surface area contributed by atoms with Crippen LogP contribution in [0.15, 0.2) is 0 Å². The summed E-state index contributed by atoms with van der Waals surface area (Å²) in [6, 6.07) is 0. The molecule has 4 rings (SSSR count). The average Bonchev–Trinajstić information content (AvgIpc) is 3.04. The van der Waals surface area contributed by atoms with Crippen molar-refractivity contribution in [2.45, 2.75) is 57.0 Å². The Bertz CT molecular complexity index is 364. The Kier molecular flexibility index (Phi) is 2.07. The molecule has 0 aromatic rings. The van der Waals surface area contributed by atoms with Crippen molar-refractivity contribution in [3.63, 3.8) is 0 Å². The molecule has 0 radical (unpaired) electrons. The van der Waals surface area contributed by atoms with Gasteiger partial charge in [0.05, 0.1) is 5.60 Å². The van der Waals surface area contributed by atoms with Gasteiger partial charge in [-0.2, -0.15) is 0 Å². The maximum absolute atomic E-state index is 12.7. The molecule has 0 aromatic carbocycles. The summed E-state index contributed by atoms with van der Waals surface area (Å²) in [7, 11) is 0. The van der Waals surface area contributed by atoms with Gasteiger partial charge in [-0.3, -0.25) is 4.79 Å². The first-order valence-electron chi connectivity index (χ1n) is 7.42. The van der Waals surface area contributed by atoms with Crippen LogP contribution in [-0.2, 0) is 4.79 Å². The highest BCUT2D eigenvalue weighted by atomic mass is 16.3. The molecule has 2 heteroatoms. The molecule has 17 heavy (non-hydrogen) atoms. The van der Waals surface area contributed by atoms with E-state index in [1.54, 1.807) is 0 Å². The summed E-state index contributed by atoms with van der Waals surface area (Å²) in [5.74, 6) is 2.93. The summed E-state index contributed by atoms with van der Waals surface area (Å²) in [5, 5.41) is 10.6. The quantitative estimate of drug-likeness (QED) is 0.797. The number of hydrogen-bond donors (Lipinski definition) is 1. The van der Waals surface area contributed by atoms with Crippen molar-refractivity contribution < 1.29 is 9.90 Å². The molecule has 6 atom stereocenters. The smallest absolute Gasteiger partial charge is 0.142 e. The molecule has 2 nitrogen and oxygen atoms in total. The van der Waals surface area contributed by atoms with Crippen LogP contribution < -0.4 is 0 Å². The zero-order valence-electron chi connectivity index (χ0n) is 10.4. The lowest BCUT2D eigenvalue weighted by Crippen LogP contribution is -2.41. The fourth-order valence-corrected chi connectivity index (χ4v) is 5.46. The van der Waals surface area contributed by atoms with Crippen LogP contribution in [0.1, 0.15) is 51.4 Å². The molecule has 4 saturated carbocycles. The molecule has 0 aromatic heterocycles. The first-order chi connectivity index (χ1) is 8.16. The van der Waals surface area contributed by atoms with Crippen molar-refractivity contribution in [2.75, 3.05) is 0 Å². The standard InChI is InChI=1S/C15H22O2/c16-14(12-6-9-1-2-11(12)5-9)13-7-10-3-4-15(13,17)8-10/h9-13,17H,1-8H2. The molecule has 6 unspecified atom stereocenters. The minimum absolute atomic E-state index is 0.00519. The van der Waals surface area contributed by atoms with Crippen molar-refractivity contribution in [2.24, 2.45) is 29.6 Å². The van der Waals surface area contributed by atoms with Gasteiger partial charge in [0.2, 0.25) is 0 Å². The summed E-state index contributed by atoms with van der Waals surface area (Å²) in [5.41, 5.74) is -0.594. The normalized spacial score (nSPS) is 55.7. The Balaban J connectivity index is 1.54. The highest BCUT2D eigenvalue weighted by Crippen LogP contribution is 2.56. The first-order valence-corrected chi connectivity index (χ1v) is 7.42. The van der Waals surface area contributed by atoms with Crippen LogP contribution >= 0.6 is 0 Å². The largest absolute Gasteiger partial charge is 0.389 e. The second kappa shape index (κ2) is 3.34. The van der Waals surface area contributed by atoms with Crippen LogP contribution in [-0.4, -0.2) is 16.5 Å². The highest BCUT2D eigenvalue weighted by Gasteiger charge is 2.56. The van der Waals surface area contributed by atoms with Gasteiger partial charge < -0.3 is 5.11 Å². The van der Waals surface area contributed by atoms with Gasteiger partial charge in [-0.25, -0.2) is 0 Å². The van der Waals surface area contributed by atoms with Gasteiger partial charge in [0.15, 0.2) is 0 Å². The summed E-state index contributed by atoms with van der Waals surface area (Å²) in [6.45, 7) is 0.